The minimum Gasteiger partial charge on any atom is -0.466 e. The summed E-state index contributed by atoms with van der Waals surface area (Å²) in [4.78, 5) is 44.6. The molecule has 106 heavy (non-hydrogen) atoms. The SMILES string of the molecule is C=Cc1ccc(C(c2ccccc2)c2ccccc2)cc1.CCC(=O)OCCCC(=O)C(F)(OC(F)(F)C(F)(OC)C(F)(F)F)C(F)(F)F.CCCO.CCCO.Cc1ccc(P(c2ccccc2)c2ccccc2)cc1.[CH+]=C(C)C(=O)OCCCC(=O)C(F)(OC(F)(F)C(F)(OC)C(F)(F)F)C(F)(F)F. The Morgan fingerprint density at radius 2 is 0.783 bits per heavy atom. The number of ether oxygens (including phenoxy) is 6. The molecule has 0 radical (unpaired) electrons. The molecule has 0 spiro atoms. The Morgan fingerprint density at radius 3 is 1.07 bits per heavy atom. The van der Waals surface area contributed by atoms with E-state index in [9.17, 15) is 107 Å². The van der Waals surface area contributed by atoms with Gasteiger partial charge < -0.3 is 29.2 Å². The van der Waals surface area contributed by atoms with Gasteiger partial charge in [0.2, 0.25) is 17.1 Å². The number of hydrogen-bond acceptors (Lipinski definition) is 12. The molecule has 0 bridgehead atoms. The molecule has 586 valence electrons. The molecule has 4 unspecified atom stereocenters. The van der Waals surface area contributed by atoms with Gasteiger partial charge in [0.15, 0.2) is 0 Å². The van der Waals surface area contributed by atoms with Gasteiger partial charge in [0, 0.05) is 59.5 Å². The molecule has 0 fully saturated rings. The molecule has 6 aromatic carbocycles. The highest BCUT2D eigenvalue weighted by atomic mass is 31.1. The van der Waals surface area contributed by atoms with Crippen molar-refractivity contribution in [1.29, 1.82) is 0 Å². The summed E-state index contributed by atoms with van der Waals surface area (Å²) in [7, 11) is -1.05. The molecule has 4 atom stereocenters. The highest BCUT2D eigenvalue weighted by Crippen LogP contribution is 2.53. The third-order valence-electron chi connectivity index (χ3n) is 13.8. The molecule has 12 nitrogen and oxygen atoms in total. The van der Waals surface area contributed by atoms with Gasteiger partial charge in [-0.25, -0.2) is 0 Å². The number of Topliss-reactive ketones (excluding diaryl/α,β-unsaturated/α-hetero) is 2. The monoisotopic (exact) mass is 1560 g/mol. The summed E-state index contributed by atoms with van der Waals surface area (Å²) in [5.41, 5.74) is 5.99. The summed E-state index contributed by atoms with van der Waals surface area (Å²) in [6.45, 7) is 16.3. The van der Waals surface area contributed by atoms with Crippen molar-refractivity contribution >= 4 is 53.4 Å². The number of hydrogen-bond donors (Lipinski definition) is 2. The van der Waals surface area contributed by atoms with Crippen LogP contribution in [-0.2, 0) is 47.6 Å². The lowest BCUT2D eigenvalue weighted by Gasteiger charge is -2.37. The van der Waals surface area contributed by atoms with Crippen LogP contribution in [0.3, 0.4) is 0 Å². The Bertz CT molecular complexity index is 3490. The van der Waals surface area contributed by atoms with Crippen molar-refractivity contribution < 1.29 is 146 Å². The first-order valence-corrected chi connectivity index (χ1v) is 32.8. The number of halogens is 20. The number of methoxy groups -OCH3 is 2. The number of benzene rings is 6. The van der Waals surface area contributed by atoms with Crippen LogP contribution in [0.5, 0.6) is 0 Å². The molecule has 6 rings (SSSR count). The third-order valence-corrected chi connectivity index (χ3v) is 16.2. The third kappa shape index (κ3) is 27.8. The molecule has 0 aromatic heterocycles. The van der Waals surface area contributed by atoms with Gasteiger partial charge in [0.1, 0.15) is 6.61 Å². The van der Waals surface area contributed by atoms with Gasteiger partial charge in [-0.3, -0.25) is 23.9 Å². The second-order valence-electron chi connectivity index (χ2n) is 21.9. The van der Waals surface area contributed by atoms with Crippen LogP contribution in [0.2, 0.25) is 0 Å². The van der Waals surface area contributed by atoms with Gasteiger partial charge in [-0.05, 0) is 78.7 Å². The average molecular weight is 1560 g/mol. The van der Waals surface area contributed by atoms with E-state index in [0.29, 0.717) is 13.2 Å². The van der Waals surface area contributed by atoms with Crippen molar-refractivity contribution in [2.24, 2.45) is 0 Å². The molecule has 33 heteroatoms. The van der Waals surface area contributed by atoms with Crippen LogP contribution in [-0.4, -0.2) is 135 Å². The average Bonchev–Trinajstić information content (AvgIpc) is 0.748. The zero-order chi connectivity index (χ0) is 81.2. The zero-order valence-electron chi connectivity index (χ0n) is 57.9. The van der Waals surface area contributed by atoms with E-state index >= 15 is 0 Å². The fourth-order valence-electron chi connectivity index (χ4n) is 8.17. The van der Waals surface area contributed by atoms with E-state index in [0.717, 1.165) is 25.3 Å². The van der Waals surface area contributed by atoms with Crippen molar-refractivity contribution in [3.63, 3.8) is 0 Å². The van der Waals surface area contributed by atoms with E-state index in [1.54, 1.807) is 0 Å². The van der Waals surface area contributed by atoms with Gasteiger partial charge in [0.05, 0.1) is 13.2 Å². The molecule has 0 saturated carbocycles. The Morgan fingerprint density at radius 1 is 0.472 bits per heavy atom. The lowest BCUT2D eigenvalue weighted by Crippen LogP contribution is -2.64. The number of rotatable bonds is 29. The maximum absolute atomic E-state index is 14.1. The van der Waals surface area contributed by atoms with E-state index in [4.69, 9.17) is 16.8 Å². The Labute approximate surface area is 600 Å². The van der Waals surface area contributed by atoms with Gasteiger partial charge in [0.25, 0.3) is 0 Å². The minimum absolute atomic E-state index is 0.161. The highest BCUT2D eigenvalue weighted by Gasteiger charge is 2.80. The van der Waals surface area contributed by atoms with E-state index < -0.39 is 136 Å². The molecule has 0 amide bonds. The Hall–Kier alpha value is -8.22. The van der Waals surface area contributed by atoms with Crippen LogP contribution in [0.15, 0.2) is 182 Å². The number of carbonyl (C=O) groups is 4. The maximum atomic E-state index is 14.1. The van der Waals surface area contributed by atoms with Crippen molar-refractivity contribution in [1.82, 2.24) is 0 Å². The molecular weight excluding hydrogens is 1480 g/mol. The van der Waals surface area contributed by atoms with Gasteiger partial charge in [-0.15, -0.1) is 4.79 Å². The number of esters is 2. The smallest absolute Gasteiger partial charge is 0.466 e. The van der Waals surface area contributed by atoms with E-state index in [2.05, 4.69) is 212 Å². The normalized spacial score (nSPS) is 14.0. The second kappa shape index (κ2) is 43.6. The van der Waals surface area contributed by atoms with Crippen LogP contribution in [0.25, 0.3) is 6.08 Å². The molecule has 6 aromatic rings. The van der Waals surface area contributed by atoms with Crippen LogP contribution in [0, 0.1) is 13.5 Å². The summed E-state index contributed by atoms with van der Waals surface area (Å²) in [5.74, 6) is -31.8. The maximum Gasteiger partial charge on any atom is 0.487 e. The van der Waals surface area contributed by atoms with Crippen LogP contribution in [0.1, 0.15) is 106 Å². The highest BCUT2D eigenvalue weighted by molar-refractivity contribution is 7.79. The van der Waals surface area contributed by atoms with E-state index in [-0.39, 0.29) is 26.6 Å². The fraction of sp³-hybridized carbons (Fsp3) is 0.397. The number of ketones is 2. The number of alkyl halides is 20. The van der Waals surface area contributed by atoms with E-state index in [1.165, 1.54) is 45.1 Å². The molecule has 0 saturated heterocycles. The van der Waals surface area contributed by atoms with Crippen LogP contribution in [0.4, 0.5) is 87.8 Å². The van der Waals surface area contributed by atoms with Crippen molar-refractivity contribution in [2.75, 3.05) is 40.6 Å². The quantitative estimate of drug-likeness (QED) is 0.00870. The van der Waals surface area contributed by atoms with Gasteiger partial charge >= 0.3 is 72.3 Å². The number of carbonyl (C=O) groups excluding carboxylic acids is 4. The van der Waals surface area contributed by atoms with Crippen LogP contribution < -0.4 is 15.9 Å². The molecular formula is C73H78F20O12P+. The van der Waals surface area contributed by atoms with E-state index in [1.807, 2.05) is 19.9 Å². The summed E-state index contributed by atoms with van der Waals surface area (Å²) in [6.07, 6.45) is -41.2. The first-order valence-electron chi connectivity index (χ1n) is 31.5. The predicted octanol–water partition coefficient (Wildman–Crippen LogP) is 18.0. The molecule has 0 aliphatic carbocycles. The van der Waals surface area contributed by atoms with Gasteiger partial charge in [-0.1, -0.05) is 209 Å². The molecule has 0 aliphatic heterocycles. The summed E-state index contributed by atoms with van der Waals surface area (Å²) in [6, 6.07) is 60.5. The summed E-state index contributed by atoms with van der Waals surface area (Å²) >= 11 is 0. The number of aliphatic hydroxyl groups excluding tert-OH is 2. The first-order chi connectivity index (χ1) is 49.2. The fourth-order valence-corrected chi connectivity index (χ4v) is 10.5. The Balaban J connectivity index is 0.000000686. The zero-order valence-corrected chi connectivity index (χ0v) is 58.8. The van der Waals surface area contributed by atoms with Crippen molar-refractivity contribution in [3.8, 4) is 0 Å². The second-order valence-corrected chi connectivity index (χ2v) is 24.1. The number of aryl methyl sites for hydroxylation is 1. The topological polar surface area (TPSA) is 164 Å². The molecule has 2 N–H and O–H groups in total. The van der Waals surface area contributed by atoms with Crippen molar-refractivity contribution in [2.45, 2.75) is 146 Å². The lowest BCUT2D eigenvalue weighted by molar-refractivity contribution is -0.492. The molecule has 0 aliphatic rings. The standard InChI is InChI=1S/C21H18.C19H17P.C14H13F10O5.C13H14F10O5.2C3H8O/c1-2-17-13-15-20(16-14-17)21(18-9-5-3-6-10-18)19-11-7-4-8-12-19;1-16-12-14-19(15-13-16)20(17-8-4-2-5-9-17)18-10-6-3-7-11-18;1-7(2)9(26)28-6-4-5-8(25)10(15,12(17,18)19)29-14(23,24)11(16,27-3)13(20,21)22;1-3-8(25)27-6-4-5-7(24)9(14,11(16,17)18)28-13(22,23)10(15,26-2)12(19,20)21;2*1-2-3-4/h2-16,21H,1H2;2-15H,1H3;1H,4-6H2,2-3H3;3-6H2,1-2H3;2*4H,2-3H2,1H3/q;;+1;;;. The minimum atomic E-state index is -6.68. The first kappa shape index (κ1) is 95.8. The predicted molar refractivity (Wildman–Crippen MR) is 355 cm³/mol. The number of aliphatic hydroxyl groups is 2. The lowest BCUT2D eigenvalue weighted by atomic mass is 9.85. The summed E-state index contributed by atoms with van der Waals surface area (Å²) in [5, 5.41) is 20.0. The van der Waals surface area contributed by atoms with Gasteiger partial charge in [-0.2, -0.15) is 87.8 Å². The summed E-state index contributed by atoms with van der Waals surface area (Å²) < 4.78 is 280. The van der Waals surface area contributed by atoms with Crippen molar-refractivity contribution in [3.05, 3.63) is 216 Å². The Kier molecular flexibility index (Phi) is 39.4. The van der Waals surface area contributed by atoms with Crippen LogP contribution >= 0.6 is 7.92 Å². The largest absolute Gasteiger partial charge is 0.487 e. The molecule has 0 heterocycles.